The van der Waals surface area contributed by atoms with Crippen LogP contribution in [0.2, 0.25) is 0 Å². The van der Waals surface area contributed by atoms with Crippen molar-refractivity contribution in [1.82, 2.24) is 30.0 Å². The molecule has 7 rings (SSSR count). The van der Waals surface area contributed by atoms with E-state index in [4.69, 9.17) is 21.0 Å². The second-order valence-corrected chi connectivity index (χ2v) is 15.3. The standard InChI is InChI=1S/C45H48N10O4/c1-7-31-29-58-26-25-54(31)28-39(48-42(56)30-13-9-8-10-14-30)49-43-46-24-23-41(51-43)59-37-22-21-36(34-15-11-12-16-35(34)37)47-44(57)50-40-27-38(45(2,3)4)52-55(40)33-19-17-32(18-20-33)53(5)6/h1,8-24,27,31,39H,25-26,28-29H2,2-6H3,(H,48,56)(H,46,49,51)(H2,47,50,57). The molecule has 0 spiro atoms. The van der Waals surface area contributed by atoms with Crippen molar-refractivity contribution in [3.8, 4) is 29.7 Å². The molecule has 0 saturated carbocycles. The van der Waals surface area contributed by atoms with Crippen LogP contribution >= 0.6 is 0 Å². The summed E-state index contributed by atoms with van der Waals surface area (Å²) in [6, 6.07) is 31.0. The highest BCUT2D eigenvalue weighted by Crippen LogP contribution is 2.35. The quantitative estimate of drug-likeness (QED) is 0.0746. The first kappa shape index (κ1) is 40.3. The molecule has 14 nitrogen and oxygen atoms in total. The average Bonchev–Trinajstić information content (AvgIpc) is 3.67. The Labute approximate surface area is 343 Å². The highest BCUT2D eigenvalue weighted by atomic mass is 16.5. The van der Waals surface area contributed by atoms with Gasteiger partial charge in [-0.05, 0) is 48.5 Å². The van der Waals surface area contributed by atoms with Gasteiger partial charge in [0.2, 0.25) is 11.8 Å². The first-order valence-corrected chi connectivity index (χ1v) is 19.3. The number of anilines is 4. The van der Waals surface area contributed by atoms with Crippen molar-refractivity contribution in [3.63, 3.8) is 0 Å². The zero-order valence-electron chi connectivity index (χ0n) is 33.8. The molecular weight excluding hydrogens is 745 g/mol. The number of carbonyl (C=O) groups excluding carboxylic acids is 2. The summed E-state index contributed by atoms with van der Waals surface area (Å²) in [4.78, 5) is 40.1. The number of terminal acetylenes is 1. The Morgan fingerprint density at radius 3 is 2.44 bits per heavy atom. The van der Waals surface area contributed by atoms with Gasteiger partial charge in [0.25, 0.3) is 5.91 Å². The van der Waals surface area contributed by atoms with Gasteiger partial charge in [0.15, 0.2) is 0 Å². The number of aromatic nitrogens is 4. The monoisotopic (exact) mass is 792 g/mol. The fourth-order valence-corrected chi connectivity index (χ4v) is 6.60. The number of nitrogens with one attached hydrogen (secondary N) is 4. The second-order valence-electron chi connectivity index (χ2n) is 15.3. The molecule has 0 radical (unpaired) electrons. The maximum atomic E-state index is 13.7. The van der Waals surface area contributed by atoms with E-state index in [1.165, 1.54) is 0 Å². The van der Waals surface area contributed by atoms with Crippen LogP contribution in [0.15, 0.2) is 109 Å². The van der Waals surface area contributed by atoms with E-state index < -0.39 is 12.2 Å². The summed E-state index contributed by atoms with van der Waals surface area (Å²) in [5.41, 5.74) is 3.56. The minimum absolute atomic E-state index is 0.244. The molecule has 2 aromatic heterocycles. The number of hydrogen-bond donors (Lipinski definition) is 4. The van der Waals surface area contributed by atoms with Crippen LogP contribution in [0.3, 0.4) is 0 Å². The molecule has 1 saturated heterocycles. The van der Waals surface area contributed by atoms with Crippen LogP contribution in [-0.2, 0) is 10.2 Å². The zero-order valence-corrected chi connectivity index (χ0v) is 33.8. The fourth-order valence-electron chi connectivity index (χ4n) is 6.60. The van der Waals surface area contributed by atoms with Gasteiger partial charge in [0.1, 0.15) is 17.7 Å². The molecule has 2 unspecified atom stereocenters. The van der Waals surface area contributed by atoms with E-state index in [1.807, 2.05) is 91.8 Å². The molecule has 1 aliphatic heterocycles. The van der Waals surface area contributed by atoms with Gasteiger partial charge in [-0.2, -0.15) is 10.1 Å². The minimum atomic E-state index is -0.605. The largest absolute Gasteiger partial charge is 0.438 e. The number of morpholine rings is 1. The van der Waals surface area contributed by atoms with Gasteiger partial charge in [-0.3, -0.25) is 15.0 Å². The first-order chi connectivity index (χ1) is 28.4. The zero-order chi connectivity index (χ0) is 41.5. The van der Waals surface area contributed by atoms with Crippen LogP contribution in [0.5, 0.6) is 11.6 Å². The summed E-state index contributed by atoms with van der Waals surface area (Å²) in [5, 5.41) is 18.7. The molecule has 4 aromatic carbocycles. The summed E-state index contributed by atoms with van der Waals surface area (Å²) < 4.78 is 13.7. The molecule has 302 valence electrons. The number of carbonyl (C=O) groups is 2. The molecule has 0 aliphatic carbocycles. The minimum Gasteiger partial charge on any atom is -0.438 e. The van der Waals surface area contributed by atoms with E-state index in [-0.39, 0.29) is 29.2 Å². The molecule has 4 N–H and O–H groups in total. The van der Waals surface area contributed by atoms with Gasteiger partial charge in [-0.15, -0.1) is 6.42 Å². The van der Waals surface area contributed by atoms with Gasteiger partial charge >= 0.3 is 6.03 Å². The van der Waals surface area contributed by atoms with E-state index in [0.29, 0.717) is 49.1 Å². The third-order valence-corrected chi connectivity index (χ3v) is 9.80. The number of benzene rings is 4. The molecule has 1 fully saturated rings. The predicted molar refractivity (Wildman–Crippen MR) is 232 cm³/mol. The van der Waals surface area contributed by atoms with Crippen molar-refractivity contribution in [2.75, 3.05) is 61.2 Å². The van der Waals surface area contributed by atoms with Crippen molar-refractivity contribution < 1.29 is 19.1 Å². The van der Waals surface area contributed by atoms with Gasteiger partial charge in [-0.1, -0.05) is 69.2 Å². The average molecular weight is 793 g/mol. The fraction of sp³-hybridized carbons (Fsp3) is 0.267. The Balaban J connectivity index is 1.09. The molecule has 59 heavy (non-hydrogen) atoms. The molecule has 3 heterocycles. The van der Waals surface area contributed by atoms with Gasteiger partial charge < -0.3 is 30.3 Å². The number of hydrogen-bond acceptors (Lipinski definition) is 10. The number of urea groups is 1. The van der Waals surface area contributed by atoms with Gasteiger partial charge in [0, 0.05) is 73.0 Å². The Bertz CT molecular complexity index is 2460. The molecule has 6 aromatic rings. The Morgan fingerprint density at radius 1 is 0.966 bits per heavy atom. The second kappa shape index (κ2) is 17.7. The maximum absolute atomic E-state index is 13.7. The van der Waals surface area contributed by atoms with Gasteiger partial charge in [0.05, 0.1) is 36.3 Å². The van der Waals surface area contributed by atoms with E-state index in [1.54, 1.807) is 41.2 Å². The number of amides is 3. The van der Waals surface area contributed by atoms with E-state index in [0.717, 1.165) is 27.8 Å². The number of rotatable bonds is 12. The lowest BCUT2D eigenvalue weighted by molar-refractivity contribution is 0.0107. The summed E-state index contributed by atoms with van der Waals surface area (Å²) in [7, 11) is 3.98. The van der Waals surface area contributed by atoms with Crippen LogP contribution in [0.4, 0.5) is 27.9 Å². The lowest BCUT2D eigenvalue weighted by atomic mass is 9.92. The molecule has 1 aliphatic rings. The highest BCUT2D eigenvalue weighted by molar-refractivity contribution is 6.07. The van der Waals surface area contributed by atoms with Crippen molar-refractivity contribution >= 4 is 45.9 Å². The summed E-state index contributed by atoms with van der Waals surface area (Å²) in [6.45, 7) is 8.16. The first-order valence-electron chi connectivity index (χ1n) is 19.3. The van der Waals surface area contributed by atoms with E-state index in [9.17, 15) is 9.59 Å². The highest BCUT2D eigenvalue weighted by Gasteiger charge is 2.26. The Morgan fingerprint density at radius 2 is 1.71 bits per heavy atom. The van der Waals surface area contributed by atoms with Crippen molar-refractivity contribution in [3.05, 3.63) is 121 Å². The van der Waals surface area contributed by atoms with Crippen molar-refractivity contribution in [2.45, 2.75) is 38.4 Å². The van der Waals surface area contributed by atoms with E-state index in [2.05, 4.69) is 62.8 Å². The van der Waals surface area contributed by atoms with Crippen LogP contribution in [0.1, 0.15) is 36.8 Å². The van der Waals surface area contributed by atoms with Crippen LogP contribution < -0.4 is 30.9 Å². The van der Waals surface area contributed by atoms with Crippen molar-refractivity contribution in [1.29, 1.82) is 0 Å². The summed E-state index contributed by atoms with van der Waals surface area (Å²) >= 11 is 0. The smallest absolute Gasteiger partial charge is 0.324 e. The van der Waals surface area contributed by atoms with Crippen LogP contribution in [0, 0.1) is 12.3 Å². The summed E-state index contributed by atoms with van der Waals surface area (Å²) in [6.07, 6.45) is 6.79. The molecule has 14 heteroatoms. The van der Waals surface area contributed by atoms with Crippen LogP contribution in [0.25, 0.3) is 16.5 Å². The summed E-state index contributed by atoms with van der Waals surface area (Å²) in [5.74, 6) is 4.09. The number of ether oxygens (including phenoxy) is 2. The molecular formula is C45H48N10O4. The topological polar surface area (TPSA) is 151 Å². The SMILES string of the molecule is C#CC1COCCN1CC(NC(=O)c1ccccc1)Nc1nccc(Oc2ccc(NC(=O)Nc3cc(C(C)(C)C)nn3-c3ccc(N(C)C)cc3)c3ccccc23)n1. The Kier molecular flexibility index (Phi) is 12.1. The molecule has 0 bridgehead atoms. The normalized spacial score (nSPS) is 14.8. The molecule has 3 amide bonds. The molecule has 2 atom stereocenters. The Hall–Kier alpha value is -6.95. The lowest BCUT2D eigenvalue weighted by Crippen LogP contribution is -2.54. The van der Waals surface area contributed by atoms with Crippen LogP contribution in [-0.4, -0.2) is 89.2 Å². The van der Waals surface area contributed by atoms with Gasteiger partial charge in [-0.25, -0.2) is 14.5 Å². The maximum Gasteiger partial charge on any atom is 0.324 e. The predicted octanol–water partition coefficient (Wildman–Crippen LogP) is 7.12. The lowest BCUT2D eigenvalue weighted by Gasteiger charge is -2.35. The third kappa shape index (κ3) is 9.78. The third-order valence-electron chi connectivity index (χ3n) is 9.80. The number of fused-ring (bicyclic) bond motifs is 1. The van der Waals surface area contributed by atoms with Crippen molar-refractivity contribution in [2.24, 2.45) is 0 Å². The number of nitrogens with zero attached hydrogens (tertiary/aromatic N) is 6. The van der Waals surface area contributed by atoms with E-state index >= 15 is 0 Å².